The van der Waals surface area contributed by atoms with Crippen LogP contribution < -0.4 is 0 Å². The molecule has 9 aromatic carbocycles. The molecule has 66 heavy (non-hydrogen) atoms. The molecule has 7 heteroatoms. The van der Waals surface area contributed by atoms with E-state index in [4.69, 9.17) is 6.57 Å². The quantitative estimate of drug-likeness (QED) is 0.154. The summed E-state index contributed by atoms with van der Waals surface area (Å²) in [6.07, 6.45) is -4.61. The highest BCUT2D eigenvalue weighted by Gasteiger charge is 2.31. The summed E-state index contributed by atoms with van der Waals surface area (Å²) in [5.41, 5.74) is 14.1. The van der Waals surface area contributed by atoms with E-state index in [1.807, 2.05) is 60.7 Å². The Morgan fingerprint density at radius 2 is 0.985 bits per heavy atom. The number of aryl methyl sites for hydroxylation is 2. The second-order valence-corrected chi connectivity index (χ2v) is 16.8. The minimum Gasteiger partial charge on any atom is -0.309 e. The molecule has 11 rings (SSSR count). The lowest BCUT2D eigenvalue weighted by Crippen LogP contribution is -2.04. The number of alkyl halides is 3. The normalized spacial score (nSPS) is 11.7. The molecular weight excluding hydrogens is 822 g/mol. The van der Waals surface area contributed by atoms with Gasteiger partial charge < -0.3 is 9.13 Å². The molecule has 314 valence electrons. The first-order valence-electron chi connectivity index (χ1n) is 21.6. The lowest BCUT2D eigenvalue weighted by Gasteiger charge is -2.20. The number of para-hydroxylation sites is 2. The van der Waals surface area contributed by atoms with Crippen LogP contribution in [-0.4, -0.2) is 9.13 Å². The summed E-state index contributed by atoms with van der Waals surface area (Å²) in [7, 11) is 0. The largest absolute Gasteiger partial charge is 0.415 e. The highest BCUT2D eigenvalue weighted by Crippen LogP contribution is 2.45. The van der Waals surface area contributed by atoms with Crippen LogP contribution in [0.4, 0.5) is 18.9 Å². The van der Waals surface area contributed by atoms with Crippen LogP contribution in [0.25, 0.3) is 104 Å². The third-order valence-corrected chi connectivity index (χ3v) is 12.7. The van der Waals surface area contributed by atoms with Gasteiger partial charge in [-0.2, -0.15) is 18.4 Å². The van der Waals surface area contributed by atoms with Crippen molar-refractivity contribution >= 4 is 49.3 Å². The summed E-state index contributed by atoms with van der Waals surface area (Å²) < 4.78 is 46.4. The molecule has 0 aliphatic rings. The molecule has 0 saturated heterocycles. The van der Waals surface area contributed by atoms with E-state index in [0.29, 0.717) is 16.7 Å². The minimum absolute atomic E-state index is 0.101. The Bertz CT molecular complexity index is 3870. The van der Waals surface area contributed by atoms with Gasteiger partial charge >= 0.3 is 6.18 Å². The van der Waals surface area contributed by atoms with E-state index in [1.165, 1.54) is 17.2 Å². The van der Waals surface area contributed by atoms with Gasteiger partial charge in [0.2, 0.25) is 0 Å². The van der Waals surface area contributed by atoms with Gasteiger partial charge in [-0.05, 0) is 114 Å². The van der Waals surface area contributed by atoms with Crippen LogP contribution in [0.15, 0.2) is 188 Å². The van der Waals surface area contributed by atoms with Crippen LogP contribution in [-0.2, 0) is 6.18 Å². The Hall–Kier alpha value is -8.65. The third kappa shape index (κ3) is 6.69. The maximum atomic E-state index is 14.0. The van der Waals surface area contributed by atoms with Gasteiger partial charge in [0.15, 0.2) is 5.69 Å². The zero-order chi connectivity index (χ0) is 45.3. The van der Waals surface area contributed by atoms with Crippen molar-refractivity contribution in [3.63, 3.8) is 0 Å². The van der Waals surface area contributed by atoms with Crippen LogP contribution in [0.3, 0.4) is 0 Å². The molecule has 11 aromatic rings. The number of benzene rings is 9. The van der Waals surface area contributed by atoms with Gasteiger partial charge in [-0.3, -0.25) is 0 Å². The summed E-state index contributed by atoms with van der Waals surface area (Å²) in [4.78, 5) is 3.60. The zero-order valence-electron chi connectivity index (χ0n) is 35.8. The van der Waals surface area contributed by atoms with E-state index in [0.717, 1.165) is 100 Å². The maximum Gasteiger partial charge on any atom is 0.415 e. The summed E-state index contributed by atoms with van der Waals surface area (Å²) in [5, 5.41) is 14.7. The summed E-state index contributed by atoms with van der Waals surface area (Å²) >= 11 is 0. The van der Waals surface area contributed by atoms with Gasteiger partial charge in [-0.1, -0.05) is 132 Å². The Morgan fingerprint density at radius 3 is 1.55 bits per heavy atom. The van der Waals surface area contributed by atoms with Crippen LogP contribution in [0.1, 0.15) is 22.3 Å². The van der Waals surface area contributed by atoms with Gasteiger partial charge in [0, 0.05) is 38.2 Å². The molecule has 0 atom stereocenters. The van der Waals surface area contributed by atoms with Crippen molar-refractivity contribution < 1.29 is 13.2 Å². The van der Waals surface area contributed by atoms with Gasteiger partial charge in [0.25, 0.3) is 0 Å². The molecule has 0 spiro atoms. The molecule has 0 aliphatic heterocycles. The van der Waals surface area contributed by atoms with Gasteiger partial charge in [-0.25, -0.2) is 4.85 Å². The van der Waals surface area contributed by atoms with E-state index < -0.39 is 11.7 Å². The van der Waals surface area contributed by atoms with E-state index in [2.05, 4.69) is 143 Å². The minimum atomic E-state index is -4.61. The van der Waals surface area contributed by atoms with Gasteiger partial charge in [0.05, 0.1) is 51.6 Å². The van der Waals surface area contributed by atoms with Crippen LogP contribution >= 0.6 is 0 Å². The highest BCUT2D eigenvalue weighted by molar-refractivity contribution is 6.13. The molecule has 0 radical (unpaired) electrons. The smallest absolute Gasteiger partial charge is 0.309 e. The average Bonchev–Trinajstić information content (AvgIpc) is 3.85. The first-order valence-corrected chi connectivity index (χ1v) is 21.6. The molecule has 0 unspecified atom stereocenters. The average molecular weight is 859 g/mol. The number of nitriles is 1. The van der Waals surface area contributed by atoms with E-state index in [-0.39, 0.29) is 5.69 Å². The molecule has 0 aliphatic carbocycles. The molecule has 4 nitrogen and oxygen atoms in total. The van der Waals surface area contributed by atoms with Crippen molar-refractivity contribution in [2.45, 2.75) is 20.0 Å². The number of hydrogen-bond donors (Lipinski definition) is 0. The third-order valence-electron chi connectivity index (χ3n) is 12.7. The predicted octanol–water partition coefficient (Wildman–Crippen LogP) is 16.6. The van der Waals surface area contributed by atoms with Crippen LogP contribution in [0.2, 0.25) is 0 Å². The van der Waals surface area contributed by atoms with Crippen molar-refractivity contribution in [2.75, 3.05) is 0 Å². The fraction of sp³-hybridized carbons (Fsp3) is 0.0508. The molecule has 0 amide bonds. The summed E-state index contributed by atoms with van der Waals surface area (Å²) in [6, 6.07) is 63.7. The second-order valence-electron chi connectivity index (χ2n) is 16.8. The predicted molar refractivity (Wildman–Crippen MR) is 262 cm³/mol. The topological polar surface area (TPSA) is 38.0 Å². The van der Waals surface area contributed by atoms with Gasteiger partial charge in [-0.15, -0.1) is 0 Å². The zero-order valence-corrected chi connectivity index (χ0v) is 35.8. The number of nitrogens with zero attached hydrogens (tertiary/aromatic N) is 4. The fourth-order valence-corrected chi connectivity index (χ4v) is 9.65. The first-order chi connectivity index (χ1) is 32.1. The first kappa shape index (κ1) is 40.1. The maximum absolute atomic E-state index is 14.0. The van der Waals surface area contributed by atoms with Gasteiger partial charge in [0.1, 0.15) is 0 Å². The number of halogens is 3. The highest BCUT2D eigenvalue weighted by atomic mass is 19.4. The van der Waals surface area contributed by atoms with E-state index in [9.17, 15) is 18.4 Å². The van der Waals surface area contributed by atoms with Crippen LogP contribution in [0, 0.1) is 31.8 Å². The van der Waals surface area contributed by atoms with Crippen molar-refractivity contribution in [2.24, 2.45) is 0 Å². The standard InChI is InChI=1S/C59H37F3N4/c1-36-10-8-12-39(28-36)41-19-25-55-49(31-41)46-14-4-6-16-53(46)65(55)56-27-21-43(45-24-22-44(59(60,61)62)34-52(45)64-3)33-51(56)48-23-18-38(35-63)30-58(48)66-54-17-7-5-15-47(54)50-32-42(20-26-57(50)66)40-13-9-11-37(2)29-40/h4-34H,1-2H3. The van der Waals surface area contributed by atoms with E-state index >= 15 is 0 Å². The Balaban J connectivity index is 1.22. The SMILES string of the molecule is [C-]#[N+]c1cc(C(F)(F)F)ccc1-c1ccc(-n2c3ccccc3c3cc(-c4cccc(C)c4)ccc32)c(-c2ccc(C#N)cc2-n2c3ccccc3c3cc(-c4cccc(C)c4)ccc32)c1. The molecule has 2 aromatic heterocycles. The van der Waals surface area contributed by atoms with Crippen molar-refractivity contribution in [3.05, 3.63) is 222 Å². The number of aromatic nitrogens is 2. The molecular formula is C59H37F3N4. The molecule has 0 saturated carbocycles. The second kappa shape index (κ2) is 15.6. The summed E-state index contributed by atoms with van der Waals surface area (Å²) in [5.74, 6) is 0. The van der Waals surface area contributed by atoms with Crippen LogP contribution in [0.5, 0.6) is 0 Å². The molecule has 2 heterocycles. The lowest BCUT2D eigenvalue weighted by molar-refractivity contribution is -0.137. The fourth-order valence-electron chi connectivity index (χ4n) is 9.65. The van der Waals surface area contributed by atoms with Crippen molar-refractivity contribution in [1.82, 2.24) is 9.13 Å². The lowest BCUT2D eigenvalue weighted by atomic mass is 9.93. The Morgan fingerprint density at radius 1 is 0.455 bits per heavy atom. The van der Waals surface area contributed by atoms with Crippen molar-refractivity contribution in [1.29, 1.82) is 5.26 Å². The number of fused-ring (bicyclic) bond motifs is 6. The Labute approximate surface area is 379 Å². The summed E-state index contributed by atoms with van der Waals surface area (Å²) in [6.45, 7) is 12.2. The Kier molecular flexibility index (Phi) is 9.46. The number of hydrogen-bond acceptors (Lipinski definition) is 1. The van der Waals surface area contributed by atoms with E-state index in [1.54, 1.807) is 0 Å². The molecule has 0 bridgehead atoms. The molecule has 0 fully saturated rings. The number of rotatable bonds is 6. The van der Waals surface area contributed by atoms with Crippen molar-refractivity contribution in [3.8, 4) is 62.0 Å². The molecule has 0 N–H and O–H groups in total. The monoisotopic (exact) mass is 858 g/mol.